The van der Waals surface area contributed by atoms with Crippen molar-refractivity contribution >= 4 is 44.6 Å². The highest BCUT2D eigenvalue weighted by molar-refractivity contribution is 7.89. The van der Waals surface area contributed by atoms with Gasteiger partial charge in [-0.25, -0.2) is 32.9 Å². The minimum atomic E-state index is -3.65. The number of likely N-dealkylation sites (N-methyl/N-ethyl adjacent to an activating group) is 1. The van der Waals surface area contributed by atoms with Crippen LogP contribution in [0.2, 0.25) is 0 Å². The fraction of sp³-hybridized carbons (Fsp3) is 0.458. The van der Waals surface area contributed by atoms with Gasteiger partial charge in [0.25, 0.3) is 5.91 Å². The van der Waals surface area contributed by atoms with Crippen LogP contribution in [0.5, 0.6) is 0 Å². The first-order valence-corrected chi connectivity index (χ1v) is 14.3. The summed E-state index contributed by atoms with van der Waals surface area (Å²) in [4.78, 5) is 37.3. The summed E-state index contributed by atoms with van der Waals surface area (Å²) in [6, 6.07) is 5.01. The zero-order valence-electron chi connectivity index (χ0n) is 21.9. The van der Waals surface area contributed by atoms with Crippen molar-refractivity contribution < 1.29 is 33.0 Å². The number of aliphatic hydroxyl groups is 2. The van der Waals surface area contributed by atoms with E-state index in [-0.39, 0.29) is 21.9 Å². The predicted molar refractivity (Wildman–Crippen MR) is 144 cm³/mol. The fourth-order valence-corrected chi connectivity index (χ4v) is 5.24. The largest absolute Gasteiger partial charge is 0.387 e. The Morgan fingerprint density at radius 2 is 1.77 bits per heavy atom. The fourth-order valence-electron chi connectivity index (χ4n) is 4.16. The Morgan fingerprint density at radius 3 is 2.48 bits per heavy atom. The molecule has 0 saturated carbocycles. The number of unbranched alkanes of at least 4 members (excludes halogenated alkanes) is 2. The first-order valence-electron chi connectivity index (χ1n) is 12.8. The Morgan fingerprint density at radius 1 is 1.02 bits per heavy atom. The third-order valence-electron chi connectivity index (χ3n) is 6.21. The van der Waals surface area contributed by atoms with Gasteiger partial charge in [0.2, 0.25) is 10.0 Å². The smallest absolute Gasteiger partial charge is 0.324 e. The third-order valence-corrected chi connectivity index (χ3v) is 7.68. The lowest BCUT2D eigenvalue weighted by Crippen LogP contribution is -2.42. The van der Waals surface area contributed by atoms with E-state index in [4.69, 9.17) is 4.74 Å². The van der Waals surface area contributed by atoms with Crippen molar-refractivity contribution in [2.45, 2.75) is 62.5 Å². The van der Waals surface area contributed by atoms with E-state index in [1.54, 1.807) is 6.92 Å². The number of nitrogens with one attached hydrogen (secondary N) is 4. The molecule has 4 atom stereocenters. The summed E-state index contributed by atoms with van der Waals surface area (Å²) in [6.45, 7) is 4.42. The van der Waals surface area contributed by atoms with Gasteiger partial charge in [-0.3, -0.25) is 14.7 Å². The summed E-state index contributed by atoms with van der Waals surface area (Å²) in [7, 11) is -3.65. The molecule has 3 amide bonds. The van der Waals surface area contributed by atoms with Gasteiger partial charge in [-0.05, 0) is 37.6 Å². The molecule has 3 aromatic rings. The molecule has 1 fully saturated rings. The van der Waals surface area contributed by atoms with E-state index in [0.29, 0.717) is 18.8 Å². The van der Waals surface area contributed by atoms with Crippen LogP contribution in [0.25, 0.3) is 11.2 Å². The number of aliphatic hydroxyl groups excluding tert-OH is 2. The number of fused-ring (bicyclic) bond motifs is 1. The van der Waals surface area contributed by atoms with Crippen LogP contribution in [0.4, 0.5) is 16.3 Å². The van der Waals surface area contributed by atoms with Gasteiger partial charge in [0.1, 0.15) is 18.5 Å². The summed E-state index contributed by atoms with van der Waals surface area (Å²) >= 11 is 0. The topological polar surface area (TPSA) is 210 Å². The number of hydrogen-bond donors (Lipinski definition) is 6. The maximum Gasteiger partial charge on any atom is 0.324 e. The lowest BCUT2D eigenvalue weighted by molar-refractivity contribution is -0.137. The lowest BCUT2D eigenvalue weighted by Gasteiger charge is -2.16. The van der Waals surface area contributed by atoms with Crippen LogP contribution < -0.4 is 20.7 Å². The van der Waals surface area contributed by atoms with Crippen molar-refractivity contribution in [3.05, 3.63) is 36.9 Å². The minimum absolute atomic E-state index is 0.0463. The second-order valence-corrected chi connectivity index (χ2v) is 10.8. The first-order chi connectivity index (χ1) is 19.2. The quantitative estimate of drug-likeness (QED) is 0.176. The molecular weight excluding hydrogens is 544 g/mol. The van der Waals surface area contributed by atoms with Gasteiger partial charge >= 0.3 is 6.03 Å². The molecule has 1 aromatic carbocycles. The maximum atomic E-state index is 12.7. The van der Waals surface area contributed by atoms with Crippen molar-refractivity contribution in [2.75, 3.05) is 23.7 Å². The Bertz CT molecular complexity index is 1450. The summed E-state index contributed by atoms with van der Waals surface area (Å²) in [5.74, 6) is -0.520. The molecular formula is C24H32N8O7S. The third kappa shape index (κ3) is 6.37. The molecule has 2 aromatic heterocycles. The summed E-state index contributed by atoms with van der Waals surface area (Å²) in [5.41, 5.74) is 0.685. The highest BCUT2D eigenvalue weighted by atomic mass is 32.2. The van der Waals surface area contributed by atoms with Crippen LogP contribution in [0, 0.1) is 0 Å². The van der Waals surface area contributed by atoms with E-state index in [1.807, 2.05) is 6.92 Å². The zero-order chi connectivity index (χ0) is 28.9. The molecule has 16 heteroatoms. The van der Waals surface area contributed by atoms with Gasteiger partial charge < -0.3 is 25.6 Å². The second-order valence-electron chi connectivity index (χ2n) is 9.08. The molecule has 4 rings (SSSR count). The number of carbonyl (C=O) groups is 2. The number of ether oxygens (including phenoxy) is 1. The highest BCUT2D eigenvalue weighted by Gasteiger charge is 2.47. The number of imidazole rings is 1. The molecule has 0 bridgehead atoms. The van der Waals surface area contributed by atoms with Crippen molar-refractivity contribution in [3.63, 3.8) is 0 Å². The average Bonchev–Trinajstić information content (AvgIpc) is 3.48. The van der Waals surface area contributed by atoms with Crippen molar-refractivity contribution in [1.82, 2.24) is 29.6 Å². The van der Waals surface area contributed by atoms with Crippen LogP contribution >= 0.6 is 0 Å². The maximum absolute atomic E-state index is 12.7. The number of anilines is 2. The van der Waals surface area contributed by atoms with E-state index in [1.165, 1.54) is 41.5 Å². The summed E-state index contributed by atoms with van der Waals surface area (Å²) < 4.78 is 34.3. The van der Waals surface area contributed by atoms with Gasteiger partial charge in [-0.2, -0.15) is 0 Å². The number of carbonyl (C=O) groups excluding carboxylic acids is 2. The summed E-state index contributed by atoms with van der Waals surface area (Å²) in [6.07, 6.45) is -0.264. The molecule has 1 aliphatic heterocycles. The van der Waals surface area contributed by atoms with E-state index < -0.39 is 46.5 Å². The molecule has 216 valence electrons. The molecule has 1 aliphatic rings. The van der Waals surface area contributed by atoms with E-state index >= 15 is 0 Å². The lowest BCUT2D eigenvalue weighted by atomic mass is 10.1. The molecule has 0 aliphatic carbocycles. The Hall–Kier alpha value is -3.70. The number of nitrogens with zero attached hydrogens (tertiary/aromatic N) is 4. The van der Waals surface area contributed by atoms with Crippen LogP contribution in [0.15, 0.2) is 41.8 Å². The molecule has 3 heterocycles. The van der Waals surface area contributed by atoms with Crippen molar-refractivity contribution in [2.24, 2.45) is 0 Å². The molecule has 6 N–H and O–H groups in total. The normalized spacial score (nSPS) is 20.9. The van der Waals surface area contributed by atoms with Gasteiger partial charge in [-0.1, -0.05) is 19.8 Å². The van der Waals surface area contributed by atoms with Crippen LogP contribution in [0.3, 0.4) is 0 Å². The molecule has 15 nitrogen and oxygen atoms in total. The van der Waals surface area contributed by atoms with Crippen LogP contribution in [-0.4, -0.2) is 81.5 Å². The minimum Gasteiger partial charge on any atom is -0.387 e. The number of urea groups is 1. The van der Waals surface area contributed by atoms with Gasteiger partial charge in [0, 0.05) is 18.8 Å². The summed E-state index contributed by atoms with van der Waals surface area (Å²) in [5, 5.41) is 28.5. The highest BCUT2D eigenvalue weighted by Crippen LogP contribution is 2.32. The molecule has 0 spiro atoms. The second kappa shape index (κ2) is 12.6. The molecule has 0 unspecified atom stereocenters. The number of benzene rings is 1. The zero-order valence-corrected chi connectivity index (χ0v) is 22.8. The average molecular weight is 577 g/mol. The van der Waals surface area contributed by atoms with Crippen molar-refractivity contribution in [3.8, 4) is 0 Å². The Balaban J connectivity index is 1.43. The van der Waals surface area contributed by atoms with Gasteiger partial charge in [0.05, 0.1) is 11.2 Å². The van der Waals surface area contributed by atoms with E-state index in [9.17, 15) is 28.2 Å². The van der Waals surface area contributed by atoms with Gasteiger partial charge in [-0.15, -0.1) is 0 Å². The number of hydrogen-bond acceptors (Lipinski definition) is 10. The van der Waals surface area contributed by atoms with Crippen LogP contribution in [0.1, 0.15) is 39.3 Å². The van der Waals surface area contributed by atoms with E-state index in [0.717, 1.165) is 19.3 Å². The monoisotopic (exact) mass is 576 g/mol. The molecule has 40 heavy (non-hydrogen) atoms. The van der Waals surface area contributed by atoms with Crippen molar-refractivity contribution in [1.29, 1.82) is 0 Å². The number of rotatable bonds is 11. The van der Waals surface area contributed by atoms with E-state index in [2.05, 4.69) is 35.6 Å². The first kappa shape index (κ1) is 29.3. The Kier molecular flexibility index (Phi) is 9.26. The predicted octanol–water partition coefficient (Wildman–Crippen LogP) is 0.694. The number of amides is 3. The molecule has 0 radical (unpaired) electrons. The number of aromatic nitrogens is 4. The number of sulfonamides is 1. The Labute approximate surface area is 230 Å². The SMILES string of the molecule is CCCCCNS(=O)(=O)c1ccc(NC(=O)Nc2ncnc3c2ncn3[C@@H]2O[C@H](C(=O)NCC)[C@@H](O)[C@H]2O)cc1. The standard InChI is InChI=1S/C24H32N8O7S/c1-3-5-6-11-29-40(37,38)15-9-7-14(8-10-15)30-24(36)31-20-16-21(27-12-26-20)32(13-28-16)23-18(34)17(33)19(39-23)22(35)25-4-2/h7-10,12-13,17-19,23,29,33-34H,3-6,11H2,1-2H3,(H,25,35)(H2,26,27,30,31,36)/t17-,18+,19-,23+/m0/s1. The van der Waals surface area contributed by atoms with Crippen LogP contribution in [-0.2, 0) is 19.6 Å². The molecule has 1 saturated heterocycles. The van der Waals surface area contributed by atoms with Gasteiger partial charge in [0.15, 0.2) is 29.3 Å².